The summed E-state index contributed by atoms with van der Waals surface area (Å²) >= 11 is 0. The second kappa shape index (κ2) is 9.65. The maximum atomic E-state index is 13.4. The quantitative estimate of drug-likeness (QED) is 0.322. The van der Waals surface area contributed by atoms with Crippen molar-refractivity contribution in [1.29, 1.82) is 0 Å². The monoisotopic (exact) mass is 459 g/mol. The van der Waals surface area contributed by atoms with Crippen molar-refractivity contribution in [3.05, 3.63) is 71.9 Å². The summed E-state index contributed by atoms with van der Waals surface area (Å²) in [6.45, 7) is 1.95. The fourth-order valence-corrected chi connectivity index (χ4v) is 3.65. The molecule has 0 bridgehead atoms. The highest BCUT2D eigenvalue weighted by Crippen LogP contribution is 2.28. The summed E-state index contributed by atoms with van der Waals surface area (Å²) < 4.78 is 56.5. The van der Waals surface area contributed by atoms with Gasteiger partial charge in [-0.1, -0.05) is 18.2 Å². The Bertz CT molecular complexity index is 1270. The van der Waals surface area contributed by atoms with Gasteiger partial charge in [-0.2, -0.15) is 0 Å². The average Bonchev–Trinajstić information content (AvgIpc) is 2.71. The van der Waals surface area contributed by atoms with E-state index >= 15 is 0 Å². The number of hydrogen-bond acceptors (Lipinski definition) is 7. The van der Waals surface area contributed by atoms with Crippen LogP contribution in [-0.4, -0.2) is 37.2 Å². The van der Waals surface area contributed by atoms with E-state index in [1.54, 1.807) is 31.2 Å². The molecule has 0 atom stereocenters. The summed E-state index contributed by atoms with van der Waals surface area (Å²) in [5.74, 6) is -2.25. The number of rotatable bonds is 7. The van der Waals surface area contributed by atoms with Gasteiger partial charge in [-0.15, -0.1) is 0 Å². The molecule has 1 aromatic heterocycles. The topological polar surface area (TPSA) is 98.2 Å². The molecule has 10 heteroatoms. The maximum Gasteiger partial charge on any atom is 0.330 e. The lowest BCUT2D eigenvalue weighted by Crippen LogP contribution is -2.07. The number of carbonyl (C=O) groups excluding carboxylic acids is 1. The van der Waals surface area contributed by atoms with E-state index in [1.165, 1.54) is 18.3 Å². The Kier molecular flexibility index (Phi) is 6.94. The number of esters is 1. The SMILES string of the molecule is CCOC(=O)C=Cc1cccc(-c2cnc(Nc3cc(F)cc(F)c3)nc2S(C)(=O)=O)c1. The van der Waals surface area contributed by atoms with E-state index in [1.807, 2.05) is 0 Å². The number of anilines is 2. The largest absolute Gasteiger partial charge is 0.463 e. The molecule has 0 amide bonds. The van der Waals surface area contributed by atoms with E-state index < -0.39 is 27.4 Å². The molecule has 0 aliphatic rings. The number of ether oxygens (including phenoxy) is 1. The molecule has 0 fully saturated rings. The fraction of sp³-hybridized carbons (Fsp3) is 0.136. The first kappa shape index (κ1) is 23.0. The molecule has 0 spiro atoms. The van der Waals surface area contributed by atoms with Crippen LogP contribution in [0.3, 0.4) is 0 Å². The highest BCUT2D eigenvalue weighted by atomic mass is 32.2. The molecule has 3 aromatic rings. The third-order valence-electron chi connectivity index (χ3n) is 4.12. The molecule has 1 heterocycles. The molecule has 0 saturated carbocycles. The Balaban J connectivity index is 1.98. The molecule has 32 heavy (non-hydrogen) atoms. The molecule has 3 rings (SSSR count). The minimum absolute atomic E-state index is 0.0285. The summed E-state index contributed by atoms with van der Waals surface area (Å²) in [5.41, 5.74) is 1.39. The Morgan fingerprint density at radius 2 is 1.88 bits per heavy atom. The highest BCUT2D eigenvalue weighted by molar-refractivity contribution is 7.90. The standard InChI is InChI=1S/C22H19F2N3O4S/c1-3-31-20(28)8-7-14-5-4-6-15(9-14)19-13-25-22(27-21(19)32(2,29)30)26-18-11-16(23)10-17(24)12-18/h4-13H,3H2,1-2H3,(H,25,26,27). The summed E-state index contributed by atoms with van der Waals surface area (Å²) in [5, 5.41) is 2.34. The van der Waals surface area contributed by atoms with E-state index in [4.69, 9.17) is 4.74 Å². The molecule has 166 valence electrons. The van der Waals surface area contributed by atoms with Crippen LogP contribution in [0.25, 0.3) is 17.2 Å². The number of hydrogen-bond donors (Lipinski definition) is 1. The lowest BCUT2D eigenvalue weighted by molar-refractivity contribution is -0.137. The summed E-state index contributed by atoms with van der Waals surface area (Å²) in [6, 6.07) is 9.52. The summed E-state index contributed by atoms with van der Waals surface area (Å²) in [6.07, 6.45) is 5.10. The van der Waals surface area contributed by atoms with Crippen LogP contribution in [0.15, 0.2) is 59.8 Å². The van der Waals surface area contributed by atoms with Gasteiger partial charge in [-0.05, 0) is 42.3 Å². The number of nitrogens with zero attached hydrogens (tertiary/aromatic N) is 2. The van der Waals surface area contributed by atoms with Gasteiger partial charge in [0.1, 0.15) is 11.6 Å². The van der Waals surface area contributed by atoms with E-state index in [0.29, 0.717) is 17.2 Å². The third-order valence-corrected chi connectivity index (χ3v) is 5.13. The van der Waals surface area contributed by atoms with Crippen molar-refractivity contribution in [3.8, 4) is 11.1 Å². The van der Waals surface area contributed by atoms with E-state index in [-0.39, 0.29) is 28.8 Å². The molecule has 0 aliphatic heterocycles. The predicted molar refractivity (Wildman–Crippen MR) is 116 cm³/mol. The Hall–Kier alpha value is -3.66. The van der Waals surface area contributed by atoms with Crippen LogP contribution in [0, 0.1) is 11.6 Å². The van der Waals surface area contributed by atoms with Gasteiger partial charge in [0, 0.05) is 35.8 Å². The van der Waals surface area contributed by atoms with E-state index in [9.17, 15) is 22.0 Å². The molecule has 0 radical (unpaired) electrons. The van der Waals surface area contributed by atoms with Crippen LogP contribution in [0.5, 0.6) is 0 Å². The van der Waals surface area contributed by atoms with Gasteiger partial charge >= 0.3 is 5.97 Å². The minimum Gasteiger partial charge on any atom is -0.463 e. The first-order valence-electron chi connectivity index (χ1n) is 9.41. The van der Waals surface area contributed by atoms with Crippen LogP contribution in [0.2, 0.25) is 0 Å². The molecule has 1 N–H and O–H groups in total. The molecular weight excluding hydrogens is 440 g/mol. The maximum absolute atomic E-state index is 13.4. The van der Waals surface area contributed by atoms with Crippen molar-refractivity contribution in [1.82, 2.24) is 9.97 Å². The number of carbonyl (C=O) groups is 1. The lowest BCUT2D eigenvalue weighted by Gasteiger charge is -2.11. The van der Waals surface area contributed by atoms with Gasteiger partial charge in [0.25, 0.3) is 0 Å². The minimum atomic E-state index is -3.79. The first-order chi connectivity index (χ1) is 15.2. The number of aromatic nitrogens is 2. The lowest BCUT2D eigenvalue weighted by atomic mass is 10.1. The Morgan fingerprint density at radius 1 is 1.16 bits per heavy atom. The Morgan fingerprint density at radius 3 is 2.53 bits per heavy atom. The number of benzene rings is 2. The van der Waals surface area contributed by atoms with Gasteiger partial charge in [0.2, 0.25) is 5.95 Å². The van der Waals surface area contributed by atoms with Gasteiger partial charge in [0.05, 0.1) is 6.61 Å². The molecule has 7 nitrogen and oxygen atoms in total. The molecule has 2 aromatic carbocycles. The van der Waals surface area contributed by atoms with Crippen molar-refractivity contribution in [2.24, 2.45) is 0 Å². The zero-order valence-electron chi connectivity index (χ0n) is 17.2. The van der Waals surface area contributed by atoms with Gasteiger partial charge in [-0.25, -0.2) is 32.0 Å². The van der Waals surface area contributed by atoms with Crippen LogP contribution in [-0.2, 0) is 19.4 Å². The van der Waals surface area contributed by atoms with Crippen molar-refractivity contribution in [3.63, 3.8) is 0 Å². The van der Waals surface area contributed by atoms with Crippen molar-refractivity contribution < 1.29 is 26.7 Å². The van der Waals surface area contributed by atoms with Crippen molar-refractivity contribution >= 4 is 33.5 Å². The van der Waals surface area contributed by atoms with Crippen LogP contribution in [0.4, 0.5) is 20.4 Å². The van der Waals surface area contributed by atoms with Crippen molar-refractivity contribution in [2.75, 3.05) is 18.2 Å². The second-order valence-corrected chi connectivity index (χ2v) is 8.61. The molecule has 0 saturated heterocycles. The number of sulfone groups is 1. The van der Waals surface area contributed by atoms with Gasteiger partial charge in [0.15, 0.2) is 14.9 Å². The molecule has 0 unspecified atom stereocenters. The van der Waals surface area contributed by atoms with Crippen LogP contribution >= 0.6 is 0 Å². The van der Waals surface area contributed by atoms with E-state index in [2.05, 4.69) is 15.3 Å². The highest BCUT2D eigenvalue weighted by Gasteiger charge is 2.19. The summed E-state index contributed by atoms with van der Waals surface area (Å²) in [7, 11) is -3.79. The number of halogens is 2. The second-order valence-electron chi connectivity index (χ2n) is 6.68. The van der Waals surface area contributed by atoms with Crippen molar-refractivity contribution in [2.45, 2.75) is 11.9 Å². The molecule has 0 aliphatic carbocycles. The zero-order valence-corrected chi connectivity index (χ0v) is 18.0. The van der Waals surface area contributed by atoms with Gasteiger partial charge < -0.3 is 10.1 Å². The Labute approximate surface area is 183 Å². The van der Waals surface area contributed by atoms with E-state index in [0.717, 1.165) is 18.4 Å². The van der Waals surface area contributed by atoms with Crippen LogP contribution in [0.1, 0.15) is 12.5 Å². The average molecular weight is 459 g/mol. The first-order valence-corrected chi connectivity index (χ1v) is 11.3. The normalized spacial score (nSPS) is 11.5. The zero-order chi connectivity index (χ0) is 23.3. The fourth-order valence-electron chi connectivity index (χ4n) is 2.83. The predicted octanol–water partition coefficient (Wildman–Crippen LogP) is 4.15. The van der Waals surface area contributed by atoms with Crippen LogP contribution < -0.4 is 5.32 Å². The number of nitrogens with one attached hydrogen (secondary N) is 1. The van der Waals surface area contributed by atoms with Gasteiger partial charge in [-0.3, -0.25) is 0 Å². The smallest absolute Gasteiger partial charge is 0.330 e. The summed E-state index contributed by atoms with van der Waals surface area (Å²) in [4.78, 5) is 19.7. The molecular formula is C22H19F2N3O4S. The third kappa shape index (κ3) is 5.94.